The van der Waals surface area contributed by atoms with E-state index in [4.69, 9.17) is 0 Å². The molecule has 0 radical (unpaired) electrons. The lowest BCUT2D eigenvalue weighted by molar-refractivity contribution is -0.384. The molecule has 0 spiro atoms. The monoisotopic (exact) mass is 251 g/mol. The summed E-state index contributed by atoms with van der Waals surface area (Å²) in [6.07, 6.45) is 0. The van der Waals surface area contributed by atoms with Crippen LogP contribution in [0.3, 0.4) is 0 Å². The molecule has 1 heterocycles. The van der Waals surface area contributed by atoms with Crippen LogP contribution in [0.4, 0.5) is 16.0 Å². The highest BCUT2D eigenvalue weighted by atomic mass is 19.1. The van der Waals surface area contributed by atoms with Crippen LogP contribution in [0.2, 0.25) is 0 Å². The maximum absolute atomic E-state index is 13.2. The lowest BCUT2D eigenvalue weighted by Crippen LogP contribution is -2.01. The van der Waals surface area contributed by atoms with E-state index < -0.39 is 10.7 Å². The summed E-state index contributed by atoms with van der Waals surface area (Å²) in [6, 6.07) is 3.22. The molecule has 18 heavy (non-hydrogen) atoms. The summed E-state index contributed by atoms with van der Waals surface area (Å²) < 4.78 is 14.7. The molecule has 2 rings (SSSR count). The fourth-order valence-electron chi connectivity index (χ4n) is 1.63. The minimum Gasteiger partial charge on any atom is -0.357 e. The van der Waals surface area contributed by atoms with Gasteiger partial charge >= 0.3 is 0 Å². The van der Waals surface area contributed by atoms with Gasteiger partial charge in [0.2, 0.25) is 5.95 Å². The molecule has 7 nitrogen and oxygen atoms in total. The van der Waals surface area contributed by atoms with E-state index in [2.05, 4.69) is 15.5 Å². The highest BCUT2D eigenvalue weighted by Gasteiger charge is 2.21. The van der Waals surface area contributed by atoms with Gasteiger partial charge in [0.1, 0.15) is 5.82 Å². The normalized spacial score (nSPS) is 10.4. The number of rotatable bonds is 3. The highest BCUT2D eigenvalue weighted by Crippen LogP contribution is 2.29. The van der Waals surface area contributed by atoms with E-state index in [-0.39, 0.29) is 17.1 Å². The van der Waals surface area contributed by atoms with Crippen molar-refractivity contribution in [2.24, 2.45) is 7.05 Å². The molecule has 1 aromatic carbocycles. The third-order valence-corrected chi connectivity index (χ3v) is 2.49. The number of anilines is 1. The van der Waals surface area contributed by atoms with Crippen molar-refractivity contribution in [3.8, 4) is 11.4 Å². The van der Waals surface area contributed by atoms with Crippen molar-refractivity contribution in [2.75, 3.05) is 12.4 Å². The zero-order chi connectivity index (χ0) is 13.3. The Labute approximate surface area is 101 Å². The molecule has 0 unspecified atom stereocenters. The van der Waals surface area contributed by atoms with E-state index in [1.165, 1.54) is 4.57 Å². The minimum atomic E-state index is -0.581. The average Bonchev–Trinajstić information content (AvgIpc) is 2.69. The van der Waals surface area contributed by atoms with Crippen molar-refractivity contribution in [1.82, 2.24) is 14.8 Å². The van der Waals surface area contributed by atoms with Crippen molar-refractivity contribution >= 4 is 11.6 Å². The first-order chi connectivity index (χ1) is 8.54. The summed E-state index contributed by atoms with van der Waals surface area (Å²) in [5.74, 6) is 0.0960. The highest BCUT2D eigenvalue weighted by molar-refractivity contribution is 5.69. The first-order valence-corrected chi connectivity index (χ1v) is 5.06. The van der Waals surface area contributed by atoms with Gasteiger partial charge in [0.15, 0.2) is 5.82 Å². The first-order valence-electron chi connectivity index (χ1n) is 5.06. The van der Waals surface area contributed by atoms with Crippen LogP contribution >= 0.6 is 0 Å². The van der Waals surface area contributed by atoms with Gasteiger partial charge in [-0.1, -0.05) is 0 Å². The predicted molar refractivity (Wildman–Crippen MR) is 62.6 cm³/mol. The molecular formula is C10H10FN5O2. The van der Waals surface area contributed by atoms with Crippen LogP contribution in [0.1, 0.15) is 0 Å². The van der Waals surface area contributed by atoms with Crippen LogP contribution < -0.4 is 5.32 Å². The van der Waals surface area contributed by atoms with Crippen LogP contribution in [-0.4, -0.2) is 26.7 Å². The molecule has 0 aliphatic carbocycles. The zero-order valence-electron chi connectivity index (χ0n) is 9.72. The molecule has 0 aliphatic heterocycles. The number of nitrogens with one attached hydrogen (secondary N) is 1. The topological polar surface area (TPSA) is 85.9 Å². The van der Waals surface area contributed by atoms with Crippen LogP contribution in [0.25, 0.3) is 11.4 Å². The van der Waals surface area contributed by atoms with Crippen molar-refractivity contribution < 1.29 is 9.31 Å². The standard InChI is InChI=1S/C10H10FN5O2/c1-12-10-14-13-9(15(10)2)7-5-6(11)3-4-8(7)16(17)18/h3-5H,1-2H3,(H,12,14). The molecule has 0 bridgehead atoms. The van der Waals surface area contributed by atoms with Gasteiger partial charge < -0.3 is 5.32 Å². The Kier molecular flexibility index (Phi) is 2.92. The van der Waals surface area contributed by atoms with E-state index in [0.717, 1.165) is 18.2 Å². The summed E-state index contributed by atoms with van der Waals surface area (Å²) in [5, 5.41) is 21.3. The fourth-order valence-corrected chi connectivity index (χ4v) is 1.63. The van der Waals surface area contributed by atoms with Crippen molar-refractivity contribution in [2.45, 2.75) is 0 Å². The van der Waals surface area contributed by atoms with Crippen molar-refractivity contribution in [3.63, 3.8) is 0 Å². The summed E-state index contributed by atoms with van der Waals surface area (Å²) in [5.41, 5.74) is -0.119. The van der Waals surface area contributed by atoms with Gasteiger partial charge in [-0.15, -0.1) is 10.2 Å². The maximum Gasteiger partial charge on any atom is 0.280 e. The number of aromatic nitrogens is 3. The summed E-state index contributed by atoms with van der Waals surface area (Å²) in [4.78, 5) is 10.3. The molecule has 8 heteroatoms. The van der Waals surface area contributed by atoms with E-state index in [0.29, 0.717) is 5.95 Å². The van der Waals surface area contributed by atoms with Gasteiger partial charge in [0.05, 0.1) is 10.5 Å². The van der Waals surface area contributed by atoms with Crippen LogP contribution in [0, 0.1) is 15.9 Å². The molecule has 0 amide bonds. The van der Waals surface area contributed by atoms with E-state index in [1.807, 2.05) is 0 Å². The lowest BCUT2D eigenvalue weighted by Gasteiger charge is -2.04. The maximum atomic E-state index is 13.2. The van der Waals surface area contributed by atoms with Gasteiger partial charge in [-0.25, -0.2) is 4.39 Å². The Morgan fingerprint density at radius 1 is 1.44 bits per heavy atom. The summed E-state index contributed by atoms with van der Waals surface area (Å²) in [7, 11) is 3.28. The average molecular weight is 251 g/mol. The van der Waals surface area contributed by atoms with Gasteiger partial charge in [-0.3, -0.25) is 14.7 Å². The summed E-state index contributed by atoms with van der Waals surface area (Å²) >= 11 is 0. The second-order valence-corrected chi connectivity index (χ2v) is 3.57. The third-order valence-electron chi connectivity index (χ3n) is 2.49. The van der Waals surface area contributed by atoms with E-state index in [1.54, 1.807) is 14.1 Å². The number of halogens is 1. The molecular weight excluding hydrogens is 241 g/mol. The Bertz CT molecular complexity index is 610. The summed E-state index contributed by atoms with van der Waals surface area (Å²) in [6.45, 7) is 0. The Balaban J connectivity index is 2.65. The quantitative estimate of drug-likeness (QED) is 0.661. The number of hydrogen-bond acceptors (Lipinski definition) is 5. The van der Waals surface area contributed by atoms with Crippen LogP contribution in [-0.2, 0) is 7.05 Å². The Hall–Kier alpha value is -2.51. The SMILES string of the molecule is CNc1nnc(-c2cc(F)ccc2[N+](=O)[O-])n1C. The van der Waals surface area contributed by atoms with Crippen LogP contribution in [0.5, 0.6) is 0 Å². The van der Waals surface area contributed by atoms with Gasteiger partial charge in [-0.05, 0) is 12.1 Å². The molecule has 94 valence electrons. The number of nitro groups is 1. The third kappa shape index (κ3) is 1.88. The molecule has 1 N–H and O–H groups in total. The number of nitrogens with zero attached hydrogens (tertiary/aromatic N) is 4. The molecule has 0 saturated carbocycles. The van der Waals surface area contributed by atoms with Crippen LogP contribution in [0.15, 0.2) is 18.2 Å². The van der Waals surface area contributed by atoms with E-state index in [9.17, 15) is 14.5 Å². The molecule has 0 aliphatic rings. The minimum absolute atomic E-state index is 0.0940. The molecule has 0 fully saturated rings. The molecule has 2 aromatic rings. The predicted octanol–water partition coefficient (Wildman–Crippen LogP) is 1.57. The largest absolute Gasteiger partial charge is 0.357 e. The second-order valence-electron chi connectivity index (χ2n) is 3.57. The van der Waals surface area contributed by atoms with Gasteiger partial charge in [-0.2, -0.15) is 0 Å². The van der Waals surface area contributed by atoms with Gasteiger partial charge in [0.25, 0.3) is 5.69 Å². The van der Waals surface area contributed by atoms with E-state index >= 15 is 0 Å². The number of benzene rings is 1. The smallest absolute Gasteiger partial charge is 0.280 e. The Morgan fingerprint density at radius 2 is 2.17 bits per heavy atom. The lowest BCUT2D eigenvalue weighted by atomic mass is 10.1. The molecule has 0 atom stereocenters. The number of hydrogen-bond donors (Lipinski definition) is 1. The molecule has 0 saturated heterocycles. The molecule has 1 aromatic heterocycles. The zero-order valence-corrected chi connectivity index (χ0v) is 9.72. The van der Waals surface area contributed by atoms with Gasteiger partial charge in [0, 0.05) is 20.2 Å². The fraction of sp³-hybridized carbons (Fsp3) is 0.200. The second kappa shape index (κ2) is 4.40. The first kappa shape index (κ1) is 12.0. The number of nitro benzene ring substituents is 1. The van der Waals surface area contributed by atoms with Crippen molar-refractivity contribution in [1.29, 1.82) is 0 Å². The Morgan fingerprint density at radius 3 is 2.72 bits per heavy atom. The van der Waals surface area contributed by atoms with Crippen molar-refractivity contribution in [3.05, 3.63) is 34.1 Å².